The van der Waals surface area contributed by atoms with E-state index in [1.54, 1.807) is 31.5 Å². The van der Waals surface area contributed by atoms with Crippen LogP contribution in [0.1, 0.15) is 20.3 Å². The van der Waals surface area contributed by atoms with Gasteiger partial charge in [-0.1, -0.05) is 18.5 Å². The van der Waals surface area contributed by atoms with Gasteiger partial charge in [-0.2, -0.15) is 10.1 Å². The van der Waals surface area contributed by atoms with E-state index in [2.05, 4.69) is 39.7 Å². The Bertz CT molecular complexity index is 608. The summed E-state index contributed by atoms with van der Waals surface area (Å²) in [6.45, 7) is 4.15. The Balaban J connectivity index is 2.20. The number of anilines is 3. The van der Waals surface area contributed by atoms with Gasteiger partial charge in [-0.3, -0.25) is 0 Å². The molecule has 1 atom stereocenters. The first-order valence-electron chi connectivity index (χ1n) is 6.69. The van der Waals surface area contributed by atoms with Crippen LogP contribution in [0.3, 0.4) is 0 Å². The molecule has 0 saturated heterocycles. The minimum Gasteiger partial charge on any atom is -0.495 e. The maximum Gasteiger partial charge on any atom is 0.244 e. The number of aromatic nitrogens is 3. The van der Waals surface area contributed by atoms with Crippen molar-refractivity contribution in [2.24, 2.45) is 0 Å². The molecule has 0 spiro atoms. The second-order valence-electron chi connectivity index (χ2n) is 4.59. The van der Waals surface area contributed by atoms with Crippen LogP contribution in [0.4, 0.5) is 17.5 Å². The fourth-order valence-corrected chi connectivity index (χ4v) is 1.84. The van der Waals surface area contributed by atoms with Gasteiger partial charge in [0.1, 0.15) is 5.75 Å². The summed E-state index contributed by atoms with van der Waals surface area (Å²) in [5, 5.41) is 14.8. The van der Waals surface area contributed by atoms with Crippen LogP contribution in [-0.2, 0) is 0 Å². The van der Waals surface area contributed by atoms with Gasteiger partial charge < -0.3 is 15.4 Å². The lowest BCUT2D eigenvalue weighted by molar-refractivity contribution is 0.417. The molecule has 0 radical (unpaired) electrons. The van der Waals surface area contributed by atoms with E-state index in [0.717, 1.165) is 12.1 Å². The minimum absolute atomic E-state index is 0.280. The van der Waals surface area contributed by atoms with Crippen molar-refractivity contribution in [1.82, 2.24) is 15.2 Å². The Hall–Kier alpha value is -2.08. The molecular formula is C14H18ClN5O. The zero-order valence-corrected chi connectivity index (χ0v) is 13.0. The highest BCUT2D eigenvalue weighted by atomic mass is 35.5. The first kappa shape index (κ1) is 15.3. The summed E-state index contributed by atoms with van der Waals surface area (Å²) in [5.41, 5.74) is 0.722. The molecule has 0 saturated carbocycles. The summed E-state index contributed by atoms with van der Waals surface area (Å²) in [4.78, 5) is 4.37. The lowest BCUT2D eigenvalue weighted by Gasteiger charge is -2.13. The van der Waals surface area contributed by atoms with Gasteiger partial charge in [-0.15, -0.1) is 5.10 Å². The number of hydrogen-bond acceptors (Lipinski definition) is 6. The third kappa shape index (κ3) is 4.19. The van der Waals surface area contributed by atoms with E-state index in [1.807, 2.05) is 0 Å². The van der Waals surface area contributed by atoms with Crippen molar-refractivity contribution < 1.29 is 4.74 Å². The number of hydrogen-bond donors (Lipinski definition) is 2. The monoisotopic (exact) mass is 307 g/mol. The van der Waals surface area contributed by atoms with E-state index in [1.165, 1.54) is 0 Å². The van der Waals surface area contributed by atoms with Gasteiger partial charge in [-0.25, -0.2) is 0 Å². The smallest absolute Gasteiger partial charge is 0.244 e. The molecule has 112 valence electrons. The van der Waals surface area contributed by atoms with Crippen LogP contribution in [0.15, 0.2) is 24.4 Å². The molecule has 1 unspecified atom stereocenters. The lowest BCUT2D eigenvalue weighted by Crippen LogP contribution is -2.16. The van der Waals surface area contributed by atoms with Crippen molar-refractivity contribution >= 4 is 29.1 Å². The van der Waals surface area contributed by atoms with Gasteiger partial charge in [-0.05, 0) is 31.5 Å². The van der Waals surface area contributed by atoms with Crippen LogP contribution in [-0.4, -0.2) is 28.3 Å². The summed E-state index contributed by atoms with van der Waals surface area (Å²) in [6, 6.07) is 5.60. The topological polar surface area (TPSA) is 72.0 Å². The number of halogens is 1. The van der Waals surface area contributed by atoms with Crippen molar-refractivity contribution in [3.8, 4) is 5.75 Å². The third-order valence-corrected chi connectivity index (χ3v) is 3.21. The van der Waals surface area contributed by atoms with Crippen molar-refractivity contribution in [1.29, 1.82) is 0 Å². The van der Waals surface area contributed by atoms with E-state index >= 15 is 0 Å². The number of methoxy groups -OCH3 is 1. The molecule has 0 aliphatic rings. The highest BCUT2D eigenvalue weighted by molar-refractivity contribution is 6.31. The average Bonchev–Trinajstić information content (AvgIpc) is 2.48. The Labute approximate surface area is 128 Å². The lowest BCUT2D eigenvalue weighted by atomic mass is 10.3. The molecule has 1 aromatic carbocycles. The summed E-state index contributed by atoms with van der Waals surface area (Å²) in [6.07, 6.45) is 2.52. The summed E-state index contributed by atoms with van der Waals surface area (Å²) in [7, 11) is 1.60. The van der Waals surface area contributed by atoms with Crippen LogP contribution < -0.4 is 15.4 Å². The summed E-state index contributed by atoms with van der Waals surface area (Å²) in [5.74, 6) is 1.72. The fourth-order valence-electron chi connectivity index (χ4n) is 1.66. The van der Waals surface area contributed by atoms with Gasteiger partial charge >= 0.3 is 0 Å². The maximum absolute atomic E-state index is 6.00. The molecule has 2 N–H and O–H groups in total. The van der Waals surface area contributed by atoms with Crippen molar-refractivity contribution in [2.45, 2.75) is 26.3 Å². The molecule has 6 nitrogen and oxygen atoms in total. The second kappa shape index (κ2) is 7.08. The van der Waals surface area contributed by atoms with E-state index in [9.17, 15) is 0 Å². The molecule has 7 heteroatoms. The molecule has 21 heavy (non-hydrogen) atoms. The Morgan fingerprint density at radius 1 is 1.38 bits per heavy atom. The van der Waals surface area contributed by atoms with Crippen molar-refractivity contribution in [3.05, 3.63) is 29.4 Å². The van der Waals surface area contributed by atoms with Crippen LogP contribution in [0.2, 0.25) is 5.02 Å². The molecule has 1 heterocycles. The number of nitrogens with one attached hydrogen (secondary N) is 2. The van der Waals surface area contributed by atoms with Crippen molar-refractivity contribution in [3.63, 3.8) is 0 Å². The molecule has 0 aliphatic heterocycles. The minimum atomic E-state index is 0.280. The predicted octanol–water partition coefficient (Wildman–Crippen LogP) is 3.49. The molecular weight excluding hydrogens is 290 g/mol. The van der Waals surface area contributed by atoms with Gasteiger partial charge in [0.05, 0.1) is 19.0 Å². The molecule has 1 aromatic heterocycles. The van der Waals surface area contributed by atoms with Gasteiger partial charge in [0.25, 0.3) is 0 Å². The Morgan fingerprint density at radius 2 is 2.19 bits per heavy atom. The zero-order valence-electron chi connectivity index (χ0n) is 12.2. The number of benzene rings is 1. The molecule has 0 amide bonds. The molecule has 0 bridgehead atoms. The van der Waals surface area contributed by atoms with Gasteiger partial charge in [0, 0.05) is 11.1 Å². The number of ether oxygens (including phenoxy) is 1. The molecule has 0 aliphatic carbocycles. The van der Waals surface area contributed by atoms with Gasteiger partial charge in [0.2, 0.25) is 5.95 Å². The largest absolute Gasteiger partial charge is 0.495 e. The number of nitrogens with zero attached hydrogens (tertiary/aromatic N) is 3. The quantitative estimate of drug-likeness (QED) is 0.851. The molecule has 2 rings (SSSR count). The highest BCUT2D eigenvalue weighted by Crippen LogP contribution is 2.29. The first-order chi connectivity index (χ1) is 10.1. The predicted molar refractivity (Wildman–Crippen MR) is 84.5 cm³/mol. The first-order valence-corrected chi connectivity index (χ1v) is 7.07. The highest BCUT2D eigenvalue weighted by Gasteiger charge is 2.07. The SMILES string of the molecule is CCC(C)Nc1nncc(Nc2cc(Cl)ccc2OC)n1. The van der Waals surface area contributed by atoms with Crippen LogP contribution in [0.5, 0.6) is 5.75 Å². The van der Waals surface area contributed by atoms with Gasteiger partial charge in [0.15, 0.2) is 5.82 Å². The third-order valence-electron chi connectivity index (χ3n) is 2.97. The molecule has 2 aromatic rings. The van der Waals surface area contributed by atoms with E-state index in [0.29, 0.717) is 22.5 Å². The van der Waals surface area contributed by atoms with Crippen LogP contribution in [0, 0.1) is 0 Å². The van der Waals surface area contributed by atoms with E-state index in [-0.39, 0.29) is 6.04 Å². The molecule has 0 fully saturated rings. The van der Waals surface area contributed by atoms with Crippen LogP contribution >= 0.6 is 11.6 Å². The Kier molecular flexibility index (Phi) is 5.16. The van der Waals surface area contributed by atoms with Crippen molar-refractivity contribution in [2.75, 3.05) is 17.7 Å². The maximum atomic E-state index is 6.00. The number of rotatable bonds is 6. The zero-order chi connectivity index (χ0) is 15.2. The second-order valence-corrected chi connectivity index (χ2v) is 5.02. The van der Waals surface area contributed by atoms with E-state index in [4.69, 9.17) is 16.3 Å². The van der Waals surface area contributed by atoms with Crippen LogP contribution in [0.25, 0.3) is 0 Å². The summed E-state index contributed by atoms with van der Waals surface area (Å²) < 4.78 is 5.28. The fraction of sp³-hybridized carbons (Fsp3) is 0.357. The van der Waals surface area contributed by atoms with E-state index < -0.39 is 0 Å². The standard InChI is InChI=1S/C14H18ClN5O/c1-4-9(2)17-14-19-13(8-16-20-14)18-11-7-10(15)5-6-12(11)21-3/h5-9H,4H2,1-3H3,(H2,17,18,19,20). The summed E-state index contributed by atoms with van der Waals surface area (Å²) >= 11 is 6.00. The Morgan fingerprint density at radius 3 is 2.90 bits per heavy atom. The normalized spacial score (nSPS) is 11.8. The average molecular weight is 308 g/mol.